The van der Waals surface area contributed by atoms with Gasteiger partial charge in [-0.2, -0.15) is 0 Å². The van der Waals surface area contributed by atoms with Gasteiger partial charge in [0.1, 0.15) is 0 Å². The molecule has 1 aliphatic heterocycles. The molecule has 0 saturated heterocycles. The first-order chi connectivity index (χ1) is 9.06. The average molecular weight is 261 g/mol. The minimum Gasteiger partial charge on any atom is -0.279 e. The van der Waals surface area contributed by atoms with Crippen LogP contribution < -0.4 is 5.32 Å². The predicted molar refractivity (Wildman–Crippen MR) is 84.4 cm³/mol. The molecule has 0 fully saturated rings. The third kappa shape index (κ3) is 5.53. The Bertz CT molecular complexity index is 391. The second kappa shape index (κ2) is 8.08. The average Bonchev–Trinajstić information content (AvgIpc) is 2.40. The lowest BCUT2D eigenvalue weighted by atomic mass is 10.1. The van der Waals surface area contributed by atoms with Crippen molar-refractivity contribution in [2.75, 3.05) is 20.1 Å². The lowest BCUT2D eigenvalue weighted by Gasteiger charge is -2.31. The summed E-state index contributed by atoms with van der Waals surface area (Å²) in [7, 11) is 2.11. The highest BCUT2D eigenvalue weighted by atomic mass is 15.4. The van der Waals surface area contributed by atoms with Gasteiger partial charge in [0.05, 0.1) is 0 Å². The Hall–Kier alpha value is -1.19. The minimum atomic E-state index is 0.0994. The molecule has 2 unspecified atom stereocenters. The van der Waals surface area contributed by atoms with Gasteiger partial charge < -0.3 is 0 Å². The lowest BCUT2D eigenvalue weighted by molar-refractivity contribution is 0.193. The number of hydrogen-bond donors (Lipinski definition) is 1. The molecule has 0 aromatic rings. The zero-order chi connectivity index (χ0) is 14.3. The molecule has 106 valence electrons. The molecule has 3 heteroatoms. The highest BCUT2D eigenvalue weighted by molar-refractivity contribution is 5.61. The lowest BCUT2D eigenvalue weighted by Crippen LogP contribution is -2.47. The van der Waals surface area contributed by atoms with Crippen molar-refractivity contribution in [3.63, 3.8) is 0 Å². The molecule has 0 amide bonds. The summed E-state index contributed by atoms with van der Waals surface area (Å²) in [5.74, 6) is 0.543. The van der Waals surface area contributed by atoms with Crippen LogP contribution in [0.4, 0.5) is 0 Å². The Labute approximate surface area is 117 Å². The predicted octanol–water partition coefficient (Wildman–Crippen LogP) is 2.98. The number of hydrogen-bond acceptors (Lipinski definition) is 3. The van der Waals surface area contributed by atoms with Crippen LogP contribution in [0, 0.1) is 5.92 Å². The maximum Gasteiger partial charge on any atom is 0.155 e. The normalized spacial score (nSPS) is 26.4. The van der Waals surface area contributed by atoms with E-state index in [9.17, 15) is 0 Å². The van der Waals surface area contributed by atoms with Gasteiger partial charge in [-0.25, -0.2) is 0 Å². The van der Waals surface area contributed by atoms with Gasteiger partial charge in [-0.1, -0.05) is 36.8 Å². The van der Waals surface area contributed by atoms with E-state index in [0.29, 0.717) is 5.92 Å². The molecule has 1 heterocycles. The first kappa shape index (κ1) is 15.9. The number of nitrogens with one attached hydrogen (secondary N) is 1. The molecule has 0 saturated carbocycles. The molecule has 19 heavy (non-hydrogen) atoms. The molecule has 1 aliphatic rings. The van der Waals surface area contributed by atoms with Gasteiger partial charge in [-0.05, 0) is 33.4 Å². The second-order valence-corrected chi connectivity index (χ2v) is 5.20. The van der Waals surface area contributed by atoms with Crippen molar-refractivity contribution in [2.24, 2.45) is 10.9 Å². The van der Waals surface area contributed by atoms with Crippen LogP contribution in [-0.4, -0.2) is 37.5 Å². The highest BCUT2D eigenvalue weighted by Crippen LogP contribution is 2.08. The van der Waals surface area contributed by atoms with Gasteiger partial charge >= 0.3 is 0 Å². The fourth-order valence-electron chi connectivity index (χ4n) is 1.95. The van der Waals surface area contributed by atoms with E-state index in [1.807, 2.05) is 6.21 Å². The fourth-order valence-corrected chi connectivity index (χ4v) is 1.95. The summed E-state index contributed by atoms with van der Waals surface area (Å²) >= 11 is 0. The van der Waals surface area contributed by atoms with Crippen molar-refractivity contribution >= 4 is 6.21 Å². The number of aliphatic imine (C=N–C) groups is 1. The molecule has 0 aromatic heterocycles. The van der Waals surface area contributed by atoms with Crippen LogP contribution in [-0.2, 0) is 0 Å². The van der Waals surface area contributed by atoms with E-state index in [0.717, 1.165) is 13.1 Å². The number of allylic oxidation sites excluding steroid dienone is 4. The summed E-state index contributed by atoms with van der Waals surface area (Å²) in [4.78, 5) is 6.79. The van der Waals surface area contributed by atoms with Crippen molar-refractivity contribution < 1.29 is 0 Å². The van der Waals surface area contributed by atoms with Crippen molar-refractivity contribution in [1.82, 2.24) is 10.2 Å². The molecule has 1 N–H and O–H groups in total. The van der Waals surface area contributed by atoms with Gasteiger partial charge in [0, 0.05) is 25.2 Å². The molecule has 0 aromatic carbocycles. The van der Waals surface area contributed by atoms with Crippen molar-refractivity contribution in [3.8, 4) is 0 Å². The highest BCUT2D eigenvalue weighted by Gasteiger charge is 2.18. The molecule has 0 bridgehead atoms. The van der Waals surface area contributed by atoms with E-state index in [1.54, 1.807) is 0 Å². The van der Waals surface area contributed by atoms with Crippen LogP contribution in [0.15, 0.2) is 40.4 Å². The van der Waals surface area contributed by atoms with Crippen molar-refractivity contribution in [3.05, 3.63) is 35.5 Å². The fraction of sp³-hybridized carbons (Fsp3) is 0.562. The summed E-state index contributed by atoms with van der Waals surface area (Å²) in [6.07, 6.45) is 10.7. The van der Waals surface area contributed by atoms with Gasteiger partial charge in [0.2, 0.25) is 0 Å². The van der Waals surface area contributed by atoms with E-state index < -0.39 is 0 Å². The molecular formula is C16H27N3. The first-order valence-corrected chi connectivity index (χ1v) is 7.00. The number of rotatable bonds is 5. The molecule has 1 rings (SSSR count). The van der Waals surface area contributed by atoms with Crippen molar-refractivity contribution in [1.29, 1.82) is 0 Å². The molecular weight excluding hydrogens is 234 g/mol. The zero-order valence-corrected chi connectivity index (χ0v) is 12.9. The van der Waals surface area contributed by atoms with Crippen molar-refractivity contribution in [2.45, 2.75) is 34.0 Å². The van der Waals surface area contributed by atoms with Gasteiger partial charge in [0.25, 0.3) is 0 Å². The van der Waals surface area contributed by atoms with Crippen LogP contribution in [0.1, 0.15) is 27.7 Å². The second-order valence-electron chi connectivity index (χ2n) is 5.20. The Morgan fingerprint density at radius 2 is 2.11 bits per heavy atom. The summed E-state index contributed by atoms with van der Waals surface area (Å²) in [5, 5.41) is 3.47. The maximum atomic E-state index is 4.54. The Morgan fingerprint density at radius 3 is 2.68 bits per heavy atom. The monoisotopic (exact) mass is 261 g/mol. The molecule has 3 nitrogen and oxygen atoms in total. The summed E-state index contributed by atoms with van der Waals surface area (Å²) in [6.45, 7) is 10.3. The quantitative estimate of drug-likeness (QED) is 0.770. The Balaban J connectivity index is 2.50. The van der Waals surface area contributed by atoms with Crippen LogP contribution in [0.2, 0.25) is 0 Å². The van der Waals surface area contributed by atoms with E-state index in [2.05, 4.69) is 74.3 Å². The van der Waals surface area contributed by atoms with Crippen LogP contribution in [0.3, 0.4) is 0 Å². The van der Waals surface area contributed by atoms with E-state index in [-0.39, 0.29) is 6.29 Å². The summed E-state index contributed by atoms with van der Waals surface area (Å²) in [6, 6.07) is 0. The topological polar surface area (TPSA) is 27.6 Å². The third-order valence-electron chi connectivity index (χ3n) is 3.35. The van der Waals surface area contributed by atoms with Crippen LogP contribution in [0.25, 0.3) is 0 Å². The van der Waals surface area contributed by atoms with Crippen LogP contribution in [0.5, 0.6) is 0 Å². The largest absolute Gasteiger partial charge is 0.279 e. The van der Waals surface area contributed by atoms with Gasteiger partial charge in [-0.15, -0.1) is 0 Å². The molecule has 0 spiro atoms. The standard InChI is InChI=1S/C16H27N3/c1-6-13(3)8-9-15(7-2)11-18-16-17-10-14(4)12-19(16)5/h6-10,14,16,18H,11-12H2,1-5H3/b9-8-,13-6-,15-7+. The SMILES string of the molecule is C\C=C(C)/C=C\C(=C/C)CNC1N=CC(C)CN1C. The smallest absolute Gasteiger partial charge is 0.155 e. The maximum absolute atomic E-state index is 4.54. The summed E-state index contributed by atoms with van der Waals surface area (Å²) in [5.41, 5.74) is 2.56. The van der Waals surface area contributed by atoms with E-state index in [4.69, 9.17) is 0 Å². The molecule has 0 radical (unpaired) electrons. The Kier molecular flexibility index (Phi) is 6.74. The molecule has 2 atom stereocenters. The molecule has 0 aliphatic carbocycles. The van der Waals surface area contributed by atoms with Gasteiger partial charge in [0.15, 0.2) is 6.29 Å². The Morgan fingerprint density at radius 1 is 1.37 bits per heavy atom. The third-order valence-corrected chi connectivity index (χ3v) is 3.35. The number of nitrogens with zero attached hydrogens (tertiary/aromatic N) is 2. The first-order valence-electron chi connectivity index (χ1n) is 7.00. The summed E-state index contributed by atoms with van der Waals surface area (Å²) < 4.78 is 0. The zero-order valence-electron chi connectivity index (χ0n) is 12.9. The van der Waals surface area contributed by atoms with E-state index in [1.165, 1.54) is 11.1 Å². The van der Waals surface area contributed by atoms with Crippen LogP contribution >= 0.6 is 0 Å². The van der Waals surface area contributed by atoms with E-state index >= 15 is 0 Å². The van der Waals surface area contributed by atoms with Gasteiger partial charge in [-0.3, -0.25) is 15.2 Å². The minimum absolute atomic E-state index is 0.0994.